The van der Waals surface area contributed by atoms with Crippen molar-refractivity contribution >= 4 is 5.82 Å². The highest BCUT2D eigenvalue weighted by Gasteiger charge is 2.14. The zero-order valence-corrected chi connectivity index (χ0v) is 11.3. The van der Waals surface area contributed by atoms with Crippen LogP contribution in [0.15, 0.2) is 18.3 Å². The summed E-state index contributed by atoms with van der Waals surface area (Å²) in [5.41, 5.74) is 1.18. The highest BCUT2D eigenvalue weighted by Crippen LogP contribution is 2.22. The van der Waals surface area contributed by atoms with Crippen LogP contribution in [0.5, 0.6) is 0 Å². The molecule has 2 rings (SSSR count). The second kappa shape index (κ2) is 7.37. The minimum absolute atomic E-state index is 0.456. The first kappa shape index (κ1) is 13.3. The number of rotatable bonds is 6. The third-order valence-electron chi connectivity index (χ3n) is 3.46. The van der Waals surface area contributed by atoms with Gasteiger partial charge in [0, 0.05) is 18.3 Å². The third-order valence-corrected chi connectivity index (χ3v) is 3.46. The van der Waals surface area contributed by atoms with Gasteiger partial charge < -0.3 is 10.1 Å². The largest absolute Gasteiger partial charge is 0.373 e. The molecule has 0 spiro atoms. The summed E-state index contributed by atoms with van der Waals surface area (Å²) >= 11 is 0. The fraction of sp³-hybridized carbons (Fsp3) is 0.667. The van der Waals surface area contributed by atoms with Crippen LogP contribution in [0.1, 0.15) is 51.0 Å². The molecule has 1 aromatic heterocycles. The molecule has 1 aliphatic rings. The van der Waals surface area contributed by atoms with Crippen molar-refractivity contribution in [2.75, 3.05) is 11.9 Å². The van der Waals surface area contributed by atoms with E-state index in [1.807, 2.05) is 12.3 Å². The Morgan fingerprint density at radius 3 is 2.94 bits per heavy atom. The molecule has 1 saturated carbocycles. The van der Waals surface area contributed by atoms with E-state index < -0.39 is 0 Å². The molecule has 3 heteroatoms. The smallest absolute Gasteiger partial charge is 0.131 e. The van der Waals surface area contributed by atoms with Gasteiger partial charge in [0.25, 0.3) is 0 Å². The molecule has 0 atom stereocenters. The summed E-state index contributed by atoms with van der Waals surface area (Å²) in [6.45, 7) is 3.81. The molecule has 3 nitrogen and oxygen atoms in total. The summed E-state index contributed by atoms with van der Waals surface area (Å²) in [5, 5.41) is 3.36. The van der Waals surface area contributed by atoms with E-state index in [0.717, 1.165) is 18.8 Å². The maximum Gasteiger partial charge on any atom is 0.131 e. The first-order valence-corrected chi connectivity index (χ1v) is 7.19. The molecule has 18 heavy (non-hydrogen) atoms. The minimum Gasteiger partial charge on any atom is -0.373 e. The number of aromatic nitrogens is 1. The number of ether oxygens (including phenoxy) is 1. The summed E-state index contributed by atoms with van der Waals surface area (Å²) < 4.78 is 6.01. The first-order valence-electron chi connectivity index (χ1n) is 7.19. The van der Waals surface area contributed by atoms with Crippen molar-refractivity contribution in [1.29, 1.82) is 0 Å². The molecule has 0 radical (unpaired) electrons. The predicted octanol–water partition coefficient (Wildman–Crippen LogP) is 3.75. The van der Waals surface area contributed by atoms with Crippen LogP contribution in [0.2, 0.25) is 0 Å². The first-order chi connectivity index (χ1) is 8.90. The topological polar surface area (TPSA) is 34.2 Å². The van der Waals surface area contributed by atoms with Gasteiger partial charge in [-0.2, -0.15) is 0 Å². The highest BCUT2D eigenvalue weighted by molar-refractivity contribution is 5.43. The standard InChI is InChI=1S/C15H24N2O/c1-2-10-16-15-13(7-6-11-17-15)12-18-14-8-4-3-5-9-14/h6-7,11,14H,2-5,8-10,12H2,1H3,(H,16,17). The van der Waals surface area contributed by atoms with Gasteiger partial charge in [0.1, 0.15) is 5.82 Å². The van der Waals surface area contributed by atoms with Gasteiger partial charge in [0.05, 0.1) is 12.7 Å². The Bertz CT molecular complexity index is 348. The second-order valence-corrected chi connectivity index (χ2v) is 5.01. The number of hydrogen-bond acceptors (Lipinski definition) is 3. The summed E-state index contributed by atoms with van der Waals surface area (Å²) in [4.78, 5) is 4.39. The third kappa shape index (κ3) is 3.98. The Morgan fingerprint density at radius 1 is 1.33 bits per heavy atom. The van der Waals surface area contributed by atoms with Crippen LogP contribution < -0.4 is 5.32 Å². The van der Waals surface area contributed by atoms with Gasteiger partial charge in [0.15, 0.2) is 0 Å². The van der Waals surface area contributed by atoms with Crippen molar-refractivity contribution in [3.63, 3.8) is 0 Å². The molecular formula is C15H24N2O. The normalized spacial score (nSPS) is 16.7. The minimum atomic E-state index is 0.456. The van der Waals surface area contributed by atoms with Gasteiger partial charge in [-0.15, -0.1) is 0 Å². The van der Waals surface area contributed by atoms with Gasteiger partial charge >= 0.3 is 0 Å². The van der Waals surface area contributed by atoms with Gasteiger partial charge in [0.2, 0.25) is 0 Å². The lowest BCUT2D eigenvalue weighted by molar-refractivity contribution is 0.0170. The molecule has 0 saturated heterocycles. The molecule has 0 aliphatic heterocycles. The van der Waals surface area contributed by atoms with E-state index in [1.165, 1.54) is 37.7 Å². The van der Waals surface area contributed by atoms with Crippen LogP contribution >= 0.6 is 0 Å². The summed E-state index contributed by atoms with van der Waals surface area (Å²) in [5.74, 6) is 0.982. The van der Waals surface area contributed by atoms with Crippen LogP contribution in [0.25, 0.3) is 0 Å². The molecule has 1 heterocycles. The number of nitrogens with zero attached hydrogens (tertiary/aromatic N) is 1. The SMILES string of the molecule is CCCNc1ncccc1COC1CCCCC1. The van der Waals surface area contributed by atoms with Crippen molar-refractivity contribution in [3.8, 4) is 0 Å². The highest BCUT2D eigenvalue weighted by atomic mass is 16.5. The van der Waals surface area contributed by atoms with Crippen molar-refractivity contribution < 1.29 is 4.74 Å². The van der Waals surface area contributed by atoms with Gasteiger partial charge in [-0.1, -0.05) is 32.3 Å². The van der Waals surface area contributed by atoms with E-state index in [-0.39, 0.29) is 0 Å². The van der Waals surface area contributed by atoms with E-state index in [1.54, 1.807) is 0 Å². The molecule has 1 fully saturated rings. The van der Waals surface area contributed by atoms with Gasteiger partial charge in [-0.25, -0.2) is 4.98 Å². The number of anilines is 1. The van der Waals surface area contributed by atoms with E-state index in [2.05, 4.69) is 23.3 Å². The Morgan fingerprint density at radius 2 is 2.17 bits per heavy atom. The summed E-state index contributed by atoms with van der Waals surface area (Å²) in [7, 11) is 0. The summed E-state index contributed by atoms with van der Waals surface area (Å²) in [6.07, 6.45) is 9.85. The quantitative estimate of drug-likeness (QED) is 0.832. The molecule has 0 unspecified atom stereocenters. The average Bonchev–Trinajstić information content (AvgIpc) is 2.45. The molecule has 1 N–H and O–H groups in total. The Labute approximate surface area is 110 Å². The van der Waals surface area contributed by atoms with Crippen LogP contribution in [-0.4, -0.2) is 17.6 Å². The lowest BCUT2D eigenvalue weighted by atomic mass is 9.98. The maximum absolute atomic E-state index is 6.01. The lowest BCUT2D eigenvalue weighted by Gasteiger charge is -2.22. The number of hydrogen-bond donors (Lipinski definition) is 1. The second-order valence-electron chi connectivity index (χ2n) is 5.01. The number of pyridine rings is 1. The molecule has 1 aliphatic carbocycles. The van der Waals surface area contributed by atoms with Crippen LogP contribution in [0.4, 0.5) is 5.82 Å². The van der Waals surface area contributed by atoms with Crippen LogP contribution in [0.3, 0.4) is 0 Å². The molecule has 0 aromatic carbocycles. The van der Waals surface area contributed by atoms with Gasteiger partial charge in [-0.3, -0.25) is 0 Å². The molecule has 0 amide bonds. The fourth-order valence-electron chi connectivity index (χ4n) is 2.40. The van der Waals surface area contributed by atoms with Crippen LogP contribution in [0, 0.1) is 0 Å². The molecule has 0 bridgehead atoms. The Balaban J connectivity index is 1.87. The van der Waals surface area contributed by atoms with E-state index >= 15 is 0 Å². The zero-order valence-electron chi connectivity index (χ0n) is 11.3. The van der Waals surface area contributed by atoms with Crippen molar-refractivity contribution in [1.82, 2.24) is 4.98 Å². The van der Waals surface area contributed by atoms with E-state index in [9.17, 15) is 0 Å². The average molecular weight is 248 g/mol. The summed E-state index contributed by atoms with van der Waals surface area (Å²) in [6, 6.07) is 4.09. The Kier molecular flexibility index (Phi) is 5.46. The maximum atomic E-state index is 6.01. The van der Waals surface area contributed by atoms with E-state index in [0.29, 0.717) is 12.7 Å². The molecular weight excluding hydrogens is 224 g/mol. The molecule has 1 aromatic rings. The van der Waals surface area contributed by atoms with Crippen molar-refractivity contribution in [2.45, 2.75) is 58.2 Å². The van der Waals surface area contributed by atoms with Gasteiger partial charge in [-0.05, 0) is 25.3 Å². The fourth-order valence-corrected chi connectivity index (χ4v) is 2.40. The monoisotopic (exact) mass is 248 g/mol. The predicted molar refractivity (Wildman–Crippen MR) is 74.7 cm³/mol. The Hall–Kier alpha value is -1.09. The molecule has 100 valence electrons. The van der Waals surface area contributed by atoms with Crippen molar-refractivity contribution in [2.24, 2.45) is 0 Å². The lowest BCUT2D eigenvalue weighted by Crippen LogP contribution is -2.17. The van der Waals surface area contributed by atoms with Crippen LogP contribution in [-0.2, 0) is 11.3 Å². The van der Waals surface area contributed by atoms with E-state index in [4.69, 9.17) is 4.74 Å². The van der Waals surface area contributed by atoms with Crippen molar-refractivity contribution in [3.05, 3.63) is 23.9 Å². The zero-order chi connectivity index (χ0) is 12.6. The number of nitrogens with one attached hydrogen (secondary N) is 1.